The van der Waals surface area contributed by atoms with Crippen molar-refractivity contribution >= 4 is 11.6 Å². The third-order valence-corrected chi connectivity index (χ3v) is 5.00. The molecule has 1 aliphatic rings. The number of likely N-dealkylation sites (tertiary alicyclic amines) is 1. The minimum Gasteiger partial charge on any atom is -0.363 e. The Bertz CT molecular complexity index is 702. The predicted molar refractivity (Wildman–Crippen MR) is 102 cm³/mol. The van der Waals surface area contributed by atoms with E-state index < -0.39 is 0 Å². The summed E-state index contributed by atoms with van der Waals surface area (Å²) < 4.78 is 0. The SMILES string of the molecule is Cc1ncccc1CN1CCCC(N(C)c2cc(N(C)C)ncn2)C1. The Morgan fingerprint density at radius 1 is 1.16 bits per heavy atom. The second-order valence-corrected chi connectivity index (χ2v) is 7.02. The van der Waals surface area contributed by atoms with Crippen molar-refractivity contribution in [2.45, 2.75) is 32.4 Å². The van der Waals surface area contributed by atoms with Crippen LogP contribution in [0.5, 0.6) is 0 Å². The number of anilines is 2. The standard InChI is InChI=1S/C19H28N6/c1-15-16(7-5-9-20-15)12-25-10-6-8-17(13-25)24(4)19-11-18(23(2)3)21-14-22-19/h5,7,9,11,14,17H,6,8,10,12-13H2,1-4H3. The van der Waals surface area contributed by atoms with Crippen LogP contribution in [0.4, 0.5) is 11.6 Å². The van der Waals surface area contributed by atoms with E-state index in [4.69, 9.17) is 0 Å². The van der Waals surface area contributed by atoms with E-state index in [9.17, 15) is 0 Å². The zero-order valence-corrected chi connectivity index (χ0v) is 15.7. The lowest BCUT2D eigenvalue weighted by molar-refractivity contribution is 0.198. The minimum absolute atomic E-state index is 0.468. The first-order valence-corrected chi connectivity index (χ1v) is 8.89. The van der Waals surface area contributed by atoms with E-state index in [2.05, 4.69) is 50.9 Å². The van der Waals surface area contributed by atoms with E-state index in [1.54, 1.807) is 6.33 Å². The third kappa shape index (κ3) is 4.25. The molecule has 0 spiro atoms. The van der Waals surface area contributed by atoms with Gasteiger partial charge < -0.3 is 9.80 Å². The first-order valence-electron chi connectivity index (χ1n) is 8.89. The first kappa shape index (κ1) is 17.6. The summed E-state index contributed by atoms with van der Waals surface area (Å²) in [5.41, 5.74) is 2.45. The van der Waals surface area contributed by atoms with Gasteiger partial charge in [-0.05, 0) is 37.9 Å². The lowest BCUT2D eigenvalue weighted by atomic mass is 10.0. The molecule has 1 saturated heterocycles. The van der Waals surface area contributed by atoms with Crippen molar-refractivity contribution in [1.82, 2.24) is 19.9 Å². The summed E-state index contributed by atoms with van der Waals surface area (Å²) in [6.07, 6.45) is 5.92. The number of aromatic nitrogens is 3. The van der Waals surface area contributed by atoms with Crippen LogP contribution in [0.1, 0.15) is 24.1 Å². The van der Waals surface area contributed by atoms with E-state index in [1.165, 1.54) is 18.4 Å². The molecule has 3 heterocycles. The quantitative estimate of drug-likeness (QED) is 0.833. The molecule has 0 saturated carbocycles. The van der Waals surface area contributed by atoms with Crippen LogP contribution in [0.3, 0.4) is 0 Å². The number of hydrogen-bond acceptors (Lipinski definition) is 6. The van der Waals surface area contributed by atoms with Crippen LogP contribution in [0, 0.1) is 6.92 Å². The number of nitrogens with zero attached hydrogens (tertiary/aromatic N) is 6. The van der Waals surface area contributed by atoms with Crippen molar-refractivity contribution in [2.75, 3.05) is 44.0 Å². The molecule has 3 rings (SSSR count). The van der Waals surface area contributed by atoms with Crippen LogP contribution in [0.2, 0.25) is 0 Å². The zero-order chi connectivity index (χ0) is 17.8. The molecule has 0 N–H and O–H groups in total. The molecule has 1 fully saturated rings. The highest BCUT2D eigenvalue weighted by atomic mass is 15.3. The second-order valence-electron chi connectivity index (χ2n) is 7.02. The number of likely N-dealkylation sites (N-methyl/N-ethyl adjacent to an activating group) is 1. The lowest BCUT2D eigenvalue weighted by Gasteiger charge is -2.38. The van der Waals surface area contributed by atoms with E-state index in [1.807, 2.05) is 31.3 Å². The van der Waals surface area contributed by atoms with E-state index in [-0.39, 0.29) is 0 Å². The van der Waals surface area contributed by atoms with Gasteiger partial charge in [-0.3, -0.25) is 9.88 Å². The molecule has 0 aromatic carbocycles. The van der Waals surface area contributed by atoms with Gasteiger partial charge >= 0.3 is 0 Å². The molecule has 1 atom stereocenters. The van der Waals surface area contributed by atoms with E-state index >= 15 is 0 Å². The summed E-state index contributed by atoms with van der Waals surface area (Å²) in [4.78, 5) is 20.1. The fraction of sp³-hybridized carbons (Fsp3) is 0.526. The van der Waals surface area contributed by atoms with Crippen molar-refractivity contribution in [3.63, 3.8) is 0 Å². The maximum Gasteiger partial charge on any atom is 0.134 e. The van der Waals surface area contributed by atoms with E-state index in [0.29, 0.717) is 6.04 Å². The average Bonchev–Trinajstić information content (AvgIpc) is 2.63. The highest BCUT2D eigenvalue weighted by Gasteiger charge is 2.24. The van der Waals surface area contributed by atoms with Gasteiger partial charge in [0.2, 0.25) is 0 Å². The van der Waals surface area contributed by atoms with Crippen LogP contribution >= 0.6 is 0 Å². The predicted octanol–water partition coefficient (Wildman–Crippen LogP) is 2.35. The molecule has 2 aromatic rings. The molecular weight excluding hydrogens is 312 g/mol. The Morgan fingerprint density at radius 3 is 2.72 bits per heavy atom. The van der Waals surface area contributed by atoms with Gasteiger partial charge in [0.25, 0.3) is 0 Å². The molecule has 0 amide bonds. The molecule has 134 valence electrons. The molecule has 1 unspecified atom stereocenters. The molecular formula is C19H28N6. The van der Waals surface area contributed by atoms with Gasteiger partial charge in [0, 0.05) is 58.2 Å². The molecule has 2 aromatic heterocycles. The molecule has 0 bridgehead atoms. The smallest absolute Gasteiger partial charge is 0.134 e. The highest BCUT2D eigenvalue weighted by molar-refractivity contribution is 5.49. The van der Waals surface area contributed by atoms with Gasteiger partial charge in [0.05, 0.1) is 0 Å². The number of pyridine rings is 1. The fourth-order valence-electron chi connectivity index (χ4n) is 3.38. The van der Waals surface area contributed by atoms with Gasteiger partial charge in [-0.2, -0.15) is 0 Å². The summed E-state index contributed by atoms with van der Waals surface area (Å²) in [6.45, 7) is 5.25. The van der Waals surface area contributed by atoms with Gasteiger partial charge in [-0.15, -0.1) is 0 Å². The fourth-order valence-corrected chi connectivity index (χ4v) is 3.38. The van der Waals surface area contributed by atoms with Gasteiger partial charge in [0.1, 0.15) is 18.0 Å². The summed E-state index contributed by atoms with van der Waals surface area (Å²) in [7, 11) is 6.15. The molecule has 25 heavy (non-hydrogen) atoms. The minimum atomic E-state index is 0.468. The monoisotopic (exact) mass is 340 g/mol. The molecule has 6 nitrogen and oxygen atoms in total. The topological polar surface area (TPSA) is 48.4 Å². The van der Waals surface area contributed by atoms with Gasteiger partial charge in [-0.25, -0.2) is 9.97 Å². The van der Waals surface area contributed by atoms with Crippen LogP contribution in [-0.2, 0) is 6.54 Å². The lowest BCUT2D eigenvalue weighted by Crippen LogP contribution is -2.46. The maximum absolute atomic E-state index is 4.48. The Labute approximate surface area is 150 Å². The number of aryl methyl sites for hydroxylation is 1. The number of hydrogen-bond donors (Lipinski definition) is 0. The van der Waals surface area contributed by atoms with Crippen molar-refractivity contribution in [3.8, 4) is 0 Å². The van der Waals surface area contributed by atoms with Crippen molar-refractivity contribution < 1.29 is 0 Å². The average molecular weight is 340 g/mol. The Morgan fingerprint density at radius 2 is 1.96 bits per heavy atom. The van der Waals surface area contributed by atoms with Crippen LogP contribution in [-0.4, -0.2) is 60.1 Å². The van der Waals surface area contributed by atoms with Crippen molar-refractivity contribution in [2.24, 2.45) is 0 Å². The van der Waals surface area contributed by atoms with Crippen molar-refractivity contribution in [3.05, 3.63) is 42.0 Å². The van der Waals surface area contributed by atoms with Crippen molar-refractivity contribution in [1.29, 1.82) is 0 Å². The van der Waals surface area contributed by atoms with Crippen LogP contribution < -0.4 is 9.80 Å². The Balaban J connectivity index is 1.68. The van der Waals surface area contributed by atoms with Crippen LogP contribution in [0.15, 0.2) is 30.7 Å². The summed E-state index contributed by atoms with van der Waals surface area (Å²) >= 11 is 0. The summed E-state index contributed by atoms with van der Waals surface area (Å²) in [5, 5.41) is 0. The maximum atomic E-state index is 4.48. The molecule has 0 aliphatic carbocycles. The normalized spacial score (nSPS) is 18.2. The first-order chi connectivity index (χ1) is 12.0. The third-order valence-electron chi connectivity index (χ3n) is 5.00. The van der Waals surface area contributed by atoms with Gasteiger partial charge in [0.15, 0.2) is 0 Å². The Kier molecular flexibility index (Phi) is 5.48. The highest BCUT2D eigenvalue weighted by Crippen LogP contribution is 2.23. The van der Waals surface area contributed by atoms with E-state index in [0.717, 1.165) is 37.0 Å². The Hall–Kier alpha value is -2.21. The van der Waals surface area contributed by atoms with Gasteiger partial charge in [-0.1, -0.05) is 6.07 Å². The largest absolute Gasteiger partial charge is 0.363 e. The van der Waals surface area contributed by atoms with Crippen LogP contribution in [0.25, 0.3) is 0 Å². The second kappa shape index (κ2) is 7.78. The molecule has 6 heteroatoms. The molecule has 1 aliphatic heterocycles. The number of piperidine rings is 1. The number of rotatable bonds is 5. The summed E-state index contributed by atoms with van der Waals surface area (Å²) in [6, 6.07) is 6.74. The zero-order valence-electron chi connectivity index (χ0n) is 15.7. The summed E-state index contributed by atoms with van der Waals surface area (Å²) in [5.74, 6) is 1.93. The molecule has 0 radical (unpaired) electrons.